The summed E-state index contributed by atoms with van der Waals surface area (Å²) in [6.45, 7) is 0. The van der Waals surface area contributed by atoms with E-state index in [2.05, 4.69) is 20.3 Å². The van der Waals surface area contributed by atoms with Gasteiger partial charge in [-0.3, -0.25) is 4.79 Å². The number of amides is 1. The third-order valence-electron chi connectivity index (χ3n) is 1.58. The molecule has 2 N–H and O–H groups in total. The second-order valence-corrected chi connectivity index (χ2v) is 3.53. The van der Waals surface area contributed by atoms with Gasteiger partial charge in [0.15, 0.2) is 5.13 Å². The summed E-state index contributed by atoms with van der Waals surface area (Å²) in [6.07, 6.45) is 5.11. The smallest absolute Gasteiger partial charge is 0.232 e. The molecule has 2 aromatic heterocycles. The average molecular weight is 208 g/mol. The molecule has 0 aliphatic heterocycles. The maximum atomic E-state index is 11.4. The summed E-state index contributed by atoms with van der Waals surface area (Å²) in [7, 11) is 0. The van der Waals surface area contributed by atoms with Crippen molar-refractivity contribution >= 4 is 22.4 Å². The Labute approximate surface area is 84.2 Å². The lowest BCUT2D eigenvalue weighted by Crippen LogP contribution is -2.14. The van der Waals surface area contributed by atoms with Gasteiger partial charge in [0.2, 0.25) is 5.91 Å². The topological polar surface area (TPSA) is 70.7 Å². The first kappa shape index (κ1) is 8.89. The highest BCUT2D eigenvalue weighted by Gasteiger charge is 2.05. The normalized spacial score (nSPS) is 10.0. The minimum atomic E-state index is -0.0933. The van der Waals surface area contributed by atoms with E-state index in [1.165, 1.54) is 11.3 Å². The summed E-state index contributed by atoms with van der Waals surface area (Å²) < 4.78 is 0. The number of carbonyl (C=O) groups excluding carboxylic acids is 1. The highest BCUT2D eigenvalue weighted by Crippen LogP contribution is 2.10. The van der Waals surface area contributed by atoms with Crippen molar-refractivity contribution in [3.63, 3.8) is 0 Å². The number of nitrogens with one attached hydrogen (secondary N) is 2. The van der Waals surface area contributed by atoms with Crippen LogP contribution in [-0.2, 0) is 11.2 Å². The van der Waals surface area contributed by atoms with Crippen LogP contribution in [0.5, 0.6) is 0 Å². The van der Waals surface area contributed by atoms with E-state index in [0.717, 1.165) is 5.69 Å². The fourth-order valence-electron chi connectivity index (χ4n) is 1.00. The predicted molar refractivity (Wildman–Crippen MR) is 53.0 cm³/mol. The number of rotatable bonds is 3. The maximum absolute atomic E-state index is 11.4. The maximum Gasteiger partial charge on any atom is 0.232 e. The molecule has 0 radical (unpaired) electrons. The van der Waals surface area contributed by atoms with Crippen molar-refractivity contribution in [1.29, 1.82) is 0 Å². The first-order valence-electron chi connectivity index (χ1n) is 4.01. The van der Waals surface area contributed by atoms with Crippen LogP contribution in [0.1, 0.15) is 5.69 Å². The molecule has 0 aromatic carbocycles. The van der Waals surface area contributed by atoms with E-state index >= 15 is 0 Å². The zero-order valence-electron chi connectivity index (χ0n) is 7.23. The molecule has 2 aromatic rings. The van der Waals surface area contributed by atoms with Crippen LogP contribution in [-0.4, -0.2) is 20.9 Å². The molecule has 0 bridgehead atoms. The summed E-state index contributed by atoms with van der Waals surface area (Å²) in [5.41, 5.74) is 0.791. The van der Waals surface area contributed by atoms with Crippen molar-refractivity contribution in [2.45, 2.75) is 6.42 Å². The number of hydrogen-bond donors (Lipinski definition) is 2. The Kier molecular flexibility index (Phi) is 2.55. The Balaban J connectivity index is 1.91. The molecule has 14 heavy (non-hydrogen) atoms. The molecule has 6 heteroatoms. The number of aromatic nitrogens is 3. The molecule has 0 unspecified atom stereocenters. The fourth-order valence-corrected chi connectivity index (χ4v) is 1.55. The summed E-state index contributed by atoms with van der Waals surface area (Å²) in [5.74, 6) is -0.0933. The largest absolute Gasteiger partial charge is 0.348 e. The SMILES string of the molecule is O=C(Cc1cnc[nH]1)Nc1nccs1. The van der Waals surface area contributed by atoms with Crippen molar-refractivity contribution in [3.8, 4) is 0 Å². The lowest BCUT2D eigenvalue weighted by molar-refractivity contribution is -0.115. The van der Waals surface area contributed by atoms with Crippen molar-refractivity contribution in [1.82, 2.24) is 15.0 Å². The van der Waals surface area contributed by atoms with Gasteiger partial charge in [-0.15, -0.1) is 11.3 Å². The van der Waals surface area contributed by atoms with Gasteiger partial charge >= 0.3 is 0 Å². The molecule has 72 valence electrons. The molecule has 0 atom stereocenters. The van der Waals surface area contributed by atoms with E-state index in [-0.39, 0.29) is 5.91 Å². The van der Waals surface area contributed by atoms with E-state index in [4.69, 9.17) is 0 Å². The summed E-state index contributed by atoms with van der Waals surface area (Å²) >= 11 is 1.39. The molecule has 0 aliphatic carbocycles. The van der Waals surface area contributed by atoms with Crippen molar-refractivity contribution in [2.75, 3.05) is 5.32 Å². The standard InChI is InChI=1S/C8H8N4OS/c13-7(3-6-4-9-5-11-6)12-8-10-1-2-14-8/h1-2,4-5H,3H2,(H,9,11)(H,10,12,13). The number of hydrogen-bond acceptors (Lipinski definition) is 4. The third kappa shape index (κ3) is 2.17. The minimum absolute atomic E-state index is 0.0933. The van der Waals surface area contributed by atoms with Crippen LogP contribution in [0.25, 0.3) is 0 Å². The Morgan fingerprint density at radius 2 is 2.57 bits per heavy atom. The van der Waals surface area contributed by atoms with Crippen LogP contribution < -0.4 is 5.32 Å². The van der Waals surface area contributed by atoms with E-state index in [9.17, 15) is 4.79 Å². The van der Waals surface area contributed by atoms with Gasteiger partial charge in [-0.2, -0.15) is 0 Å². The number of aromatic amines is 1. The predicted octanol–water partition coefficient (Wildman–Crippen LogP) is 1.05. The van der Waals surface area contributed by atoms with Crippen molar-refractivity contribution in [2.24, 2.45) is 0 Å². The molecule has 2 heterocycles. The Morgan fingerprint density at radius 1 is 1.64 bits per heavy atom. The second-order valence-electron chi connectivity index (χ2n) is 2.64. The summed E-state index contributed by atoms with van der Waals surface area (Å²) in [4.78, 5) is 22.0. The molecule has 2 rings (SSSR count). The lowest BCUT2D eigenvalue weighted by atomic mass is 10.3. The van der Waals surface area contributed by atoms with E-state index in [1.807, 2.05) is 5.38 Å². The van der Waals surface area contributed by atoms with Gasteiger partial charge in [0, 0.05) is 23.5 Å². The molecule has 0 saturated heterocycles. The van der Waals surface area contributed by atoms with Gasteiger partial charge in [-0.25, -0.2) is 9.97 Å². The lowest BCUT2D eigenvalue weighted by Gasteiger charge is -1.98. The Bertz CT molecular complexity index is 357. The van der Waals surface area contributed by atoms with Gasteiger partial charge in [-0.05, 0) is 0 Å². The molecule has 1 amide bonds. The van der Waals surface area contributed by atoms with E-state index < -0.39 is 0 Å². The summed E-state index contributed by atoms with van der Waals surface area (Å²) in [5, 5.41) is 5.11. The van der Waals surface area contributed by atoms with Crippen molar-refractivity contribution in [3.05, 3.63) is 29.8 Å². The molecule has 5 nitrogen and oxygen atoms in total. The zero-order valence-corrected chi connectivity index (χ0v) is 8.04. The van der Waals surface area contributed by atoms with Crippen LogP contribution >= 0.6 is 11.3 Å². The zero-order chi connectivity index (χ0) is 9.80. The van der Waals surface area contributed by atoms with Crippen LogP contribution in [0.4, 0.5) is 5.13 Å². The fraction of sp³-hybridized carbons (Fsp3) is 0.125. The monoisotopic (exact) mass is 208 g/mol. The number of anilines is 1. The molecule has 0 fully saturated rings. The Hall–Kier alpha value is -1.69. The Morgan fingerprint density at radius 3 is 3.21 bits per heavy atom. The van der Waals surface area contributed by atoms with Crippen LogP contribution in [0.2, 0.25) is 0 Å². The number of imidazole rings is 1. The van der Waals surface area contributed by atoms with Crippen molar-refractivity contribution < 1.29 is 4.79 Å². The number of nitrogens with zero attached hydrogens (tertiary/aromatic N) is 2. The molecule has 0 spiro atoms. The van der Waals surface area contributed by atoms with Gasteiger partial charge in [-0.1, -0.05) is 0 Å². The van der Waals surface area contributed by atoms with Gasteiger partial charge in [0.1, 0.15) is 0 Å². The highest BCUT2D eigenvalue weighted by atomic mass is 32.1. The quantitative estimate of drug-likeness (QED) is 0.792. The van der Waals surface area contributed by atoms with Crippen LogP contribution in [0.3, 0.4) is 0 Å². The van der Waals surface area contributed by atoms with Gasteiger partial charge < -0.3 is 10.3 Å². The molecular weight excluding hydrogens is 200 g/mol. The molecule has 0 saturated carbocycles. The number of carbonyl (C=O) groups is 1. The number of thiazole rings is 1. The highest BCUT2D eigenvalue weighted by molar-refractivity contribution is 7.13. The van der Waals surface area contributed by atoms with Crippen LogP contribution in [0, 0.1) is 0 Å². The first-order valence-corrected chi connectivity index (χ1v) is 4.89. The van der Waals surface area contributed by atoms with E-state index in [0.29, 0.717) is 11.6 Å². The van der Waals surface area contributed by atoms with E-state index in [1.54, 1.807) is 18.7 Å². The van der Waals surface area contributed by atoms with Gasteiger partial charge in [0.05, 0.1) is 12.7 Å². The third-order valence-corrected chi connectivity index (χ3v) is 2.27. The second kappa shape index (κ2) is 4.01. The average Bonchev–Trinajstić information content (AvgIpc) is 2.76. The van der Waals surface area contributed by atoms with Gasteiger partial charge in [0.25, 0.3) is 0 Å². The minimum Gasteiger partial charge on any atom is -0.348 e. The van der Waals surface area contributed by atoms with Crippen LogP contribution in [0.15, 0.2) is 24.1 Å². The first-order chi connectivity index (χ1) is 6.84. The molecule has 0 aliphatic rings. The number of H-pyrrole nitrogens is 1. The molecular formula is C8H8N4OS. The summed E-state index contributed by atoms with van der Waals surface area (Å²) in [6, 6.07) is 0.